The van der Waals surface area contributed by atoms with Gasteiger partial charge in [-0.15, -0.1) is 0 Å². The molecule has 1 heterocycles. The Kier molecular flexibility index (Phi) is 5.49. The number of hydrogen-bond donors (Lipinski definition) is 1. The highest BCUT2D eigenvalue weighted by atomic mass is 16.6. The molecule has 6 heteroatoms. The van der Waals surface area contributed by atoms with Crippen LogP contribution in [0, 0.1) is 0 Å². The molecule has 0 spiro atoms. The van der Waals surface area contributed by atoms with E-state index in [2.05, 4.69) is 10.3 Å². The molecule has 0 unspecified atom stereocenters. The number of amides is 1. The van der Waals surface area contributed by atoms with E-state index in [1.165, 1.54) is 0 Å². The number of esters is 1. The molecule has 0 aliphatic heterocycles. The molecule has 0 fully saturated rings. The predicted molar refractivity (Wildman–Crippen MR) is 73.0 cm³/mol. The SMILES string of the molecule is CCOC(=O)[C@H](NC(=O)OC(C)(C)C)c1ccccn1. The Morgan fingerprint density at radius 1 is 1.35 bits per heavy atom. The summed E-state index contributed by atoms with van der Waals surface area (Å²) < 4.78 is 10.1. The summed E-state index contributed by atoms with van der Waals surface area (Å²) in [6.45, 7) is 7.14. The first-order chi connectivity index (χ1) is 9.33. The van der Waals surface area contributed by atoms with Crippen molar-refractivity contribution in [3.63, 3.8) is 0 Å². The summed E-state index contributed by atoms with van der Waals surface area (Å²) in [6, 6.07) is 4.11. The molecule has 110 valence electrons. The Balaban J connectivity index is 2.84. The summed E-state index contributed by atoms with van der Waals surface area (Å²) in [6.07, 6.45) is 0.847. The topological polar surface area (TPSA) is 77.5 Å². The van der Waals surface area contributed by atoms with Crippen LogP contribution >= 0.6 is 0 Å². The Labute approximate surface area is 118 Å². The number of hydrogen-bond acceptors (Lipinski definition) is 5. The van der Waals surface area contributed by atoms with Gasteiger partial charge in [-0.25, -0.2) is 9.59 Å². The zero-order valence-corrected chi connectivity index (χ0v) is 12.2. The lowest BCUT2D eigenvalue weighted by Gasteiger charge is -2.22. The maximum atomic E-state index is 11.9. The first-order valence-corrected chi connectivity index (χ1v) is 6.40. The fraction of sp³-hybridized carbons (Fsp3) is 0.500. The number of ether oxygens (including phenoxy) is 2. The summed E-state index contributed by atoms with van der Waals surface area (Å²) >= 11 is 0. The molecule has 0 radical (unpaired) electrons. The highest BCUT2D eigenvalue weighted by Crippen LogP contribution is 2.14. The summed E-state index contributed by atoms with van der Waals surface area (Å²) in [4.78, 5) is 27.8. The number of carbonyl (C=O) groups excluding carboxylic acids is 2. The monoisotopic (exact) mass is 280 g/mol. The van der Waals surface area contributed by atoms with Gasteiger partial charge in [-0.3, -0.25) is 4.98 Å². The van der Waals surface area contributed by atoms with Crippen LogP contribution in [0.25, 0.3) is 0 Å². The Morgan fingerprint density at radius 2 is 2.05 bits per heavy atom. The standard InChI is InChI=1S/C14H20N2O4/c1-5-19-12(17)11(10-8-6-7-9-15-10)16-13(18)20-14(2,3)4/h6-9,11H,5H2,1-4H3,(H,16,18)/t11-/m1/s1. The van der Waals surface area contributed by atoms with E-state index in [9.17, 15) is 9.59 Å². The lowest BCUT2D eigenvalue weighted by Crippen LogP contribution is -2.39. The van der Waals surface area contributed by atoms with Crippen molar-refractivity contribution in [2.24, 2.45) is 0 Å². The van der Waals surface area contributed by atoms with Crippen LogP contribution in [0.1, 0.15) is 39.4 Å². The van der Waals surface area contributed by atoms with Gasteiger partial charge < -0.3 is 14.8 Å². The Bertz CT molecular complexity index is 454. The largest absolute Gasteiger partial charge is 0.464 e. The molecule has 0 bridgehead atoms. The molecule has 0 saturated carbocycles. The number of carbonyl (C=O) groups is 2. The van der Waals surface area contributed by atoms with E-state index in [0.717, 1.165) is 0 Å². The lowest BCUT2D eigenvalue weighted by atomic mass is 10.2. The van der Waals surface area contributed by atoms with Crippen molar-refractivity contribution >= 4 is 12.1 Å². The average molecular weight is 280 g/mol. The molecule has 1 aromatic heterocycles. The first kappa shape index (κ1) is 15.9. The normalized spacial score (nSPS) is 12.4. The molecule has 1 N–H and O–H groups in total. The second-order valence-electron chi connectivity index (χ2n) is 5.09. The molecule has 0 aliphatic rings. The van der Waals surface area contributed by atoms with Gasteiger partial charge in [-0.2, -0.15) is 0 Å². The number of nitrogens with one attached hydrogen (secondary N) is 1. The van der Waals surface area contributed by atoms with Crippen LogP contribution in [0.4, 0.5) is 4.79 Å². The average Bonchev–Trinajstić information content (AvgIpc) is 2.35. The lowest BCUT2D eigenvalue weighted by molar-refractivity contribution is -0.146. The number of pyridine rings is 1. The molecule has 6 nitrogen and oxygen atoms in total. The van der Waals surface area contributed by atoms with Gasteiger partial charge in [0.05, 0.1) is 12.3 Å². The van der Waals surface area contributed by atoms with Crippen molar-refractivity contribution in [2.75, 3.05) is 6.61 Å². The van der Waals surface area contributed by atoms with Crippen molar-refractivity contribution < 1.29 is 19.1 Å². The third-order valence-electron chi connectivity index (χ3n) is 2.17. The van der Waals surface area contributed by atoms with Crippen LogP contribution in [0.3, 0.4) is 0 Å². The van der Waals surface area contributed by atoms with Crippen LogP contribution in [-0.2, 0) is 14.3 Å². The minimum atomic E-state index is -0.981. The van der Waals surface area contributed by atoms with Crippen LogP contribution < -0.4 is 5.32 Å². The predicted octanol–water partition coefficient (Wildman–Crippen LogP) is 2.21. The van der Waals surface area contributed by atoms with Crippen LogP contribution in [0.15, 0.2) is 24.4 Å². The number of aromatic nitrogens is 1. The minimum Gasteiger partial charge on any atom is -0.464 e. The third kappa shape index (κ3) is 5.26. The van der Waals surface area contributed by atoms with E-state index >= 15 is 0 Å². The zero-order chi connectivity index (χ0) is 15.2. The summed E-state index contributed by atoms with van der Waals surface area (Å²) in [5.74, 6) is -0.572. The van der Waals surface area contributed by atoms with E-state index in [0.29, 0.717) is 5.69 Å². The second-order valence-corrected chi connectivity index (χ2v) is 5.09. The summed E-state index contributed by atoms with van der Waals surface area (Å²) in [5.41, 5.74) is -0.246. The Morgan fingerprint density at radius 3 is 2.55 bits per heavy atom. The highest BCUT2D eigenvalue weighted by Gasteiger charge is 2.27. The Hall–Kier alpha value is -2.11. The van der Waals surface area contributed by atoms with Gasteiger partial charge in [0.1, 0.15) is 5.60 Å². The van der Waals surface area contributed by atoms with E-state index < -0.39 is 23.7 Å². The van der Waals surface area contributed by atoms with Crippen LogP contribution in [0.5, 0.6) is 0 Å². The van der Waals surface area contributed by atoms with Gasteiger partial charge >= 0.3 is 12.1 Å². The number of rotatable bonds is 4. The molecule has 1 rings (SSSR count). The highest BCUT2D eigenvalue weighted by molar-refractivity contribution is 5.82. The van der Waals surface area contributed by atoms with Gasteiger partial charge in [0, 0.05) is 6.20 Å². The number of alkyl carbamates (subject to hydrolysis) is 1. The quantitative estimate of drug-likeness (QED) is 0.856. The van der Waals surface area contributed by atoms with E-state index in [-0.39, 0.29) is 6.61 Å². The fourth-order valence-electron chi connectivity index (χ4n) is 1.45. The van der Waals surface area contributed by atoms with Gasteiger partial charge in [0.2, 0.25) is 0 Å². The second kappa shape index (κ2) is 6.88. The minimum absolute atomic E-state index is 0.220. The molecule has 1 aromatic rings. The van der Waals surface area contributed by atoms with Crippen molar-refractivity contribution in [3.05, 3.63) is 30.1 Å². The van der Waals surface area contributed by atoms with Gasteiger partial charge in [0.15, 0.2) is 6.04 Å². The molecule has 0 saturated heterocycles. The van der Waals surface area contributed by atoms with Crippen molar-refractivity contribution in [3.8, 4) is 0 Å². The third-order valence-corrected chi connectivity index (χ3v) is 2.17. The van der Waals surface area contributed by atoms with Crippen LogP contribution in [0.2, 0.25) is 0 Å². The van der Waals surface area contributed by atoms with E-state index in [4.69, 9.17) is 9.47 Å². The van der Waals surface area contributed by atoms with Crippen molar-refractivity contribution in [1.82, 2.24) is 10.3 Å². The fourth-order valence-corrected chi connectivity index (χ4v) is 1.45. The van der Waals surface area contributed by atoms with Crippen LogP contribution in [-0.4, -0.2) is 29.3 Å². The molecule has 20 heavy (non-hydrogen) atoms. The van der Waals surface area contributed by atoms with Crippen molar-refractivity contribution in [2.45, 2.75) is 39.3 Å². The van der Waals surface area contributed by atoms with E-state index in [1.807, 2.05) is 0 Å². The zero-order valence-electron chi connectivity index (χ0n) is 12.2. The molecular formula is C14H20N2O4. The first-order valence-electron chi connectivity index (χ1n) is 6.40. The maximum absolute atomic E-state index is 11.9. The maximum Gasteiger partial charge on any atom is 0.408 e. The summed E-state index contributed by atoms with van der Waals surface area (Å²) in [7, 11) is 0. The molecule has 0 aromatic carbocycles. The molecular weight excluding hydrogens is 260 g/mol. The molecule has 1 atom stereocenters. The summed E-state index contributed by atoms with van der Waals surface area (Å²) in [5, 5.41) is 2.48. The van der Waals surface area contributed by atoms with Gasteiger partial charge in [0.25, 0.3) is 0 Å². The van der Waals surface area contributed by atoms with Gasteiger partial charge in [-0.05, 0) is 39.8 Å². The number of nitrogens with zero attached hydrogens (tertiary/aromatic N) is 1. The van der Waals surface area contributed by atoms with Crippen molar-refractivity contribution in [1.29, 1.82) is 0 Å². The molecule has 1 amide bonds. The molecule has 0 aliphatic carbocycles. The smallest absolute Gasteiger partial charge is 0.408 e. The van der Waals surface area contributed by atoms with Gasteiger partial charge in [-0.1, -0.05) is 6.07 Å². The van der Waals surface area contributed by atoms with E-state index in [1.54, 1.807) is 52.1 Å².